The fourth-order valence-electron chi connectivity index (χ4n) is 2.12. The predicted octanol–water partition coefficient (Wildman–Crippen LogP) is 1.96. The van der Waals surface area contributed by atoms with Crippen molar-refractivity contribution in [3.05, 3.63) is 0 Å². The number of carbonyl (C=O) groups excluding carboxylic acids is 1. The molecule has 1 atom stereocenters. The van der Waals surface area contributed by atoms with Crippen molar-refractivity contribution in [1.29, 1.82) is 0 Å². The first-order valence-corrected chi connectivity index (χ1v) is 8.18. The number of hydrogen-bond donors (Lipinski definition) is 1. The van der Waals surface area contributed by atoms with Gasteiger partial charge >= 0.3 is 6.09 Å². The second kappa shape index (κ2) is 8.36. The lowest BCUT2D eigenvalue weighted by Gasteiger charge is -2.30. The molecule has 0 radical (unpaired) electrons. The van der Waals surface area contributed by atoms with E-state index in [1.165, 1.54) is 0 Å². The van der Waals surface area contributed by atoms with E-state index >= 15 is 0 Å². The van der Waals surface area contributed by atoms with Crippen molar-refractivity contribution < 1.29 is 9.53 Å². The lowest BCUT2D eigenvalue weighted by molar-refractivity contribution is 0.0276. The third kappa shape index (κ3) is 6.64. The fourth-order valence-corrected chi connectivity index (χ4v) is 2.12. The number of hydrogen-bond acceptors (Lipinski definition) is 5. The molecule has 1 aliphatic heterocycles. The summed E-state index contributed by atoms with van der Waals surface area (Å²) in [5, 5.41) is 3.34. The molecule has 0 fully saturated rings. The molecule has 0 aromatic rings. The van der Waals surface area contributed by atoms with Gasteiger partial charge in [-0.25, -0.2) is 4.79 Å². The SMILES string of the molecule is CCC(C)N(C)CCNC1=NCCN(C(=O)OC(C)(C)C)C1. The Morgan fingerprint density at radius 1 is 1.50 bits per heavy atom. The van der Waals surface area contributed by atoms with E-state index in [1.54, 1.807) is 4.90 Å². The van der Waals surface area contributed by atoms with Crippen LogP contribution in [-0.4, -0.2) is 73.1 Å². The van der Waals surface area contributed by atoms with E-state index in [0.29, 0.717) is 25.7 Å². The molecule has 1 heterocycles. The quantitative estimate of drug-likeness (QED) is 0.843. The molecule has 0 aromatic heterocycles. The van der Waals surface area contributed by atoms with Crippen LogP contribution in [0.2, 0.25) is 0 Å². The van der Waals surface area contributed by atoms with Gasteiger partial charge in [-0.05, 0) is 41.2 Å². The minimum absolute atomic E-state index is 0.265. The van der Waals surface area contributed by atoms with Crippen LogP contribution in [0, 0.1) is 0 Å². The smallest absolute Gasteiger partial charge is 0.410 e. The Morgan fingerprint density at radius 3 is 2.77 bits per heavy atom. The minimum atomic E-state index is -0.460. The summed E-state index contributed by atoms with van der Waals surface area (Å²) in [5.74, 6) is 0.870. The Bertz CT molecular complexity index is 390. The lowest BCUT2D eigenvalue weighted by Crippen LogP contribution is -2.48. The van der Waals surface area contributed by atoms with Gasteiger partial charge in [0.2, 0.25) is 0 Å². The summed E-state index contributed by atoms with van der Waals surface area (Å²) in [4.78, 5) is 20.6. The summed E-state index contributed by atoms with van der Waals surface area (Å²) in [5.41, 5.74) is -0.460. The van der Waals surface area contributed by atoms with Crippen molar-refractivity contribution in [2.75, 3.05) is 39.8 Å². The number of nitrogens with one attached hydrogen (secondary N) is 1. The number of likely N-dealkylation sites (N-methyl/N-ethyl adjacent to an activating group) is 1. The van der Waals surface area contributed by atoms with E-state index in [-0.39, 0.29) is 6.09 Å². The van der Waals surface area contributed by atoms with Gasteiger partial charge in [-0.3, -0.25) is 9.89 Å². The van der Waals surface area contributed by atoms with Gasteiger partial charge in [0, 0.05) is 25.7 Å². The molecule has 6 heteroatoms. The maximum absolute atomic E-state index is 12.1. The summed E-state index contributed by atoms with van der Waals surface area (Å²) in [6.07, 6.45) is 0.877. The van der Waals surface area contributed by atoms with Crippen LogP contribution in [0.1, 0.15) is 41.0 Å². The summed E-state index contributed by atoms with van der Waals surface area (Å²) < 4.78 is 5.41. The van der Waals surface area contributed by atoms with Crippen LogP contribution in [0.3, 0.4) is 0 Å². The van der Waals surface area contributed by atoms with Crippen molar-refractivity contribution in [2.24, 2.45) is 4.99 Å². The summed E-state index contributed by atoms with van der Waals surface area (Å²) >= 11 is 0. The molecule has 0 saturated heterocycles. The Morgan fingerprint density at radius 2 is 2.18 bits per heavy atom. The molecule has 0 aliphatic carbocycles. The molecular weight excluding hydrogens is 280 g/mol. The highest BCUT2D eigenvalue weighted by atomic mass is 16.6. The normalized spacial score (nSPS) is 17.2. The van der Waals surface area contributed by atoms with Crippen LogP contribution in [0.15, 0.2) is 4.99 Å². The Labute approximate surface area is 134 Å². The van der Waals surface area contributed by atoms with Gasteiger partial charge in [-0.1, -0.05) is 6.92 Å². The van der Waals surface area contributed by atoms with Crippen LogP contribution < -0.4 is 5.32 Å². The average Bonchev–Trinajstić information content (AvgIpc) is 2.44. The summed E-state index contributed by atoms with van der Waals surface area (Å²) in [6.45, 7) is 13.6. The molecule has 22 heavy (non-hydrogen) atoms. The van der Waals surface area contributed by atoms with Crippen LogP contribution in [0.4, 0.5) is 4.79 Å². The van der Waals surface area contributed by atoms with Gasteiger partial charge in [0.15, 0.2) is 0 Å². The highest BCUT2D eigenvalue weighted by Crippen LogP contribution is 2.11. The maximum atomic E-state index is 12.1. The third-order valence-electron chi connectivity index (χ3n) is 3.80. The van der Waals surface area contributed by atoms with E-state index in [2.05, 4.69) is 36.1 Å². The second-order valence-electron chi connectivity index (χ2n) is 6.89. The van der Waals surface area contributed by atoms with Crippen molar-refractivity contribution in [3.63, 3.8) is 0 Å². The molecular formula is C16H32N4O2. The van der Waals surface area contributed by atoms with E-state index in [9.17, 15) is 4.79 Å². The first kappa shape index (κ1) is 18.7. The molecule has 6 nitrogen and oxygen atoms in total. The van der Waals surface area contributed by atoms with E-state index in [0.717, 1.165) is 25.3 Å². The molecule has 1 unspecified atom stereocenters. The monoisotopic (exact) mass is 312 g/mol. The lowest BCUT2D eigenvalue weighted by atomic mass is 10.2. The van der Waals surface area contributed by atoms with E-state index < -0.39 is 5.60 Å². The summed E-state index contributed by atoms with van der Waals surface area (Å²) in [6, 6.07) is 0.577. The molecule has 0 saturated carbocycles. The molecule has 1 amide bonds. The highest BCUT2D eigenvalue weighted by Gasteiger charge is 2.24. The molecule has 0 bridgehead atoms. The van der Waals surface area contributed by atoms with Gasteiger partial charge in [-0.2, -0.15) is 0 Å². The average molecular weight is 312 g/mol. The molecule has 1 rings (SSSR count). The Balaban J connectivity index is 2.37. The zero-order chi connectivity index (χ0) is 16.8. The van der Waals surface area contributed by atoms with Crippen molar-refractivity contribution in [1.82, 2.24) is 15.1 Å². The summed E-state index contributed by atoms with van der Waals surface area (Å²) in [7, 11) is 2.13. The number of amides is 1. The second-order valence-corrected chi connectivity index (χ2v) is 6.89. The topological polar surface area (TPSA) is 57.2 Å². The minimum Gasteiger partial charge on any atom is -0.444 e. The van der Waals surface area contributed by atoms with Crippen molar-refractivity contribution in [3.8, 4) is 0 Å². The standard InChI is InChI=1S/C16H32N4O2/c1-7-13(2)19(6)10-8-17-14-12-20(11-9-18-14)15(21)22-16(3,4)5/h13H,7-12H2,1-6H3,(H,17,18). The van der Waals surface area contributed by atoms with E-state index in [4.69, 9.17) is 4.74 Å². The van der Waals surface area contributed by atoms with Crippen LogP contribution in [0.5, 0.6) is 0 Å². The third-order valence-corrected chi connectivity index (χ3v) is 3.80. The molecule has 0 aromatic carbocycles. The number of ether oxygens (including phenoxy) is 1. The first-order chi connectivity index (χ1) is 10.2. The zero-order valence-electron chi connectivity index (χ0n) is 15.0. The number of rotatable bonds is 5. The number of nitrogens with zero attached hydrogens (tertiary/aromatic N) is 3. The highest BCUT2D eigenvalue weighted by molar-refractivity contribution is 5.87. The zero-order valence-corrected chi connectivity index (χ0v) is 15.0. The maximum Gasteiger partial charge on any atom is 0.410 e. The van der Waals surface area contributed by atoms with Crippen molar-refractivity contribution >= 4 is 11.9 Å². The molecule has 128 valence electrons. The van der Waals surface area contributed by atoms with Gasteiger partial charge in [0.1, 0.15) is 11.4 Å². The Kier molecular flexibility index (Phi) is 7.13. The van der Waals surface area contributed by atoms with Gasteiger partial charge < -0.3 is 15.0 Å². The van der Waals surface area contributed by atoms with Crippen molar-refractivity contribution in [2.45, 2.75) is 52.7 Å². The van der Waals surface area contributed by atoms with Crippen LogP contribution in [-0.2, 0) is 4.74 Å². The van der Waals surface area contributed by atoms with Gasteiger partial charge in [-0.15, -0.1) is 0 Å². The number of carbonyl (C=O) groups is 1. The molecule has 1 N–H and O–H groups in total. The fraction of sp³-hybridized carbons (Fsp3) is 0.875. The molecule has 0 spiro atoms. The largest absolute Gasteiger partial charge is 0.444 e. The van der Waals surface area contributed by atoms with Gasteiger partial charge in [0.25, 0.3) is 0 Å². The van der Waals surface area contributed by atoms with Gasteiger partial charge in [0.05, 0.1) is 13.1 Å². The predicted molar refractivity (Wildman–Crippen MR) is 90.5 cm³/mol. The van der Waals surface area contributed by atoms with E-state index in [1.807, 2.05) is 20.8 Å². The molecule has 1 aliphatic rings. The van der Waals surface area contributed by atoms with Crippen LogP contribution in [0.25, 0.3) is 0 Å². The number of aliphatic imine (C=N–C) groups is 1. The number of amidine groups is 1. The van der Waals surface area contributed by atoms with Crippen LogP contribution >= 0.6 is 0 Å². The Hall–Kier alpha value is -1.30. The first-order valence-electron chi connectivity index (χ1n) is 8.18.